The molecule has 1 radical (unpaired) electrons. The Bertz CT molecular complexity index is 599. The average Bonchev–Trinajstić information content (AvgIpc) is 2.60. The van der Waals surface area contributed by atoms with Crippen LogP contribution in [0, 0.1) is 7.05 Å². The van der Waals surface area contributed by atoms with Crippen LogP contribution in [-0.4, -0.2) is 13.0 Å². The second kappa shape index (κ2) is 3.36. The third kappa shape index (κ3) is 1.53. The van der Waals surface area contributed by atoms with Crippen LogP contribution < -0.4 is 4.72 Å². The number of benzene rings is 1. The van der Waals surface area contributed by atoms with Gasteiger partial charge in [0.2, 0.25) is 10.0 Å². The highest BCUT2D eigenvalue weighted by atomic mass is 32.2. The third-order valence-corrected chi connectivity index (χ3v) is 3.68. The lowest BCUT2D eigenvalue weighted by molar-refractivity contribution is 0.591. The molecule has 15 heavy (non-hydrogen) atoms. The highest BCUT2D eigenvalue weighted by Gasteiger charge is 2.15. The molecule has 79 valence electrons. The summed E-state index contributed by atoms with van der Waals surface area (Å²) >= 11 is 0. The van der Waals surface area contributed by atoms with Crippen LogP contribution in [0.3, 0.4) is 0 Å². The number of nitrogens with zero attached hydrogens (tertiary/aromatic N) is 1. The van der Waals surface area contributed by atoms with Crippen molar-refractivity contribution in [3.63, 3.8) is 0 Å². The van der Waals surface area contributed by atoms with Crippen LogP contribution in [0.4, 0.5) is 0 Å². The van der Waals surface area contributed by atoms with E-state index in [9.17, 15) is 8.42 Å². The molecule has 0 bridgehead atoms. The maximum Gasteiger partial charge on any atom is 0.241 e. The van der Waals surface area contributed by atoms with E-state index in [1.54, 1.807) is 18.2 Å². The van der Waals surface area contributed by atoms with Crippen molar-refractivity contribution in [3.05, 3.63) is 37.5 Å². The lowest BCUT2D eigenvalue weighted by Crippen LogP contribution is -2.16. The Morgan fingerprint density at radius 2 is 2.07 bits per heavy atom. The van der Waals surface area contributed by atoms with Crippen LogP contribution in [0.25, 0.3) is 10.9 Å². The second-order valence-electron chi connectivity index (χ2n) is 3.26. The molecule has 0 unspecified atom stereocenters. The number of rotatable bonds is 2. The van der Waals surface area contributed by atoms with Gasteiger partial charge in [-0.25, -0.2) is 13.1 Å². The number of fused-ring (bicyclic) bond motifs is 1. The van der Waals surface area contributed by atoms with E-state index in [4.69, 9.17) is 0 Å². The van der Waals surface area contributed by atoms with E-state index >= 15 is 0 Å². The van der Waals surface area contributed by atoms with Gasteiger partial charge in [0, 0.05) is 31.2 Å². The fourth-order valence-electron chi connectivity index (χ4n) is 1.59. The summed E-state index contributed by atoms with van der Waals surface area (Å²) in [6.07, 6.45) is 1.83. The molecule has 1 N–H and O–H groups in total. The Labute approximate surface area is 88.6 Å². The Hall–Kier alpha value is -1.33. The Morgan fingerprint density at radius 1 is 1.33 bits per heavy atom. The minimum Gasteiger partial charge on any atom is -0.351 e. The molecule has 0 aliphatic heterocycles. The van der Waals surface area contributed by atoms with Crippen LogP contribution in [-0.2, 0) is 17.1 Å². The largest absolute Gasteiger partial charge is 0.351 e. The highest BCUT2D eigenvalue weighted by Crippen LogP contribution is 2.22. The zero-order chi connectivity index (χ0) is 11.1. The van der Waals surface area contributed by atoms with Crippen molar-refractivity contribution >= 4 is 20.9 Å². The van der Waals surface area contributed by atoms with Gasteiger partial charge in [-0.1, -0.05) is 6.07 Å². The molecule has 0 aliphatic rings. The molecule has 1 aromatic heterocycles. The molecule has 0 fully saturated rings. The van der Waals surface area contributed by atoms with Gasteiger partial charge in [-0.15, -0.1) is 0 Å². The van der Waals surface area contributed by atoms with Crippen molar-refractivity contribution in [2.45, 2.75) is 4.90 Å². The zero-order valence-corrected chi connectivity index (χ0v) is 9.08. The molecule has 4 nitrogen and oxygen atoms in total. The molecule has 0 aliphatic carbocycles. The van der Waals surface area contributed by atoms with Crippen LogP contribution in [0.15, 0.2) is 35.4 Å². The quantitative estimate of drug-likeness (QED) is 0.833. The SMILES string of the molecule is [CH2]NS(=O)(=O)c1cccc2c1ccn2C. The van der Waals surface area contributed by atoms with Crippen LogP contribution in [0.1, 0.15) is 0 Å². The molecule has 1 heterocycles. The first kappa shape index (κ1) is 10.2. The molecule has 0 saturated carbocycles. The van der Waals surface area contributed by atoms with Crippen molar-refractivity contribution in [2.24, 2.45) is 7.05 Å². The van der Waals surface area contributed by atoms with Gasteiger partial charge in [-0.3, -0.25) is 0 Å². The van der Waals surface area contributed by atoms with E-state index in [1.807, 2.05) is 23.9 Å². The number of hydrogen-bond acceptors (Lipinski definition) is 2. The molecule has 0 atom stereocenters. The van der Waals surface area contributed by atoms with Crippen LogP contribution in [0.2, 0.25) is 0 Å². The first-order valence-electron chi connectivity index (χ1n) is 4.39. The first-order chi connectivity index (χ1) is 7.06. The normalized spacial score (nSPS) is 12.1. The predicted octanol–water partition coefficient (Wildman–Crippen LogP) is 1.25. The third-order valence-electron chi connectivity index (χ3n) is 2.37. The zero-order valence-electron chi connectivity index (χ0n) is 8.27. The molecule has 2 aromatic rings. The van der Waals surface area contributed by atoms with Crippen molar-refractivity contribution in [1.82, 2.24) is 9.29 Å². The number of aryl methyl sites for hydroxylation is 1. The number of nitrogens with one attached hydrogen (secondary N) is 1. The molecule has 2 rings (SSSR count). The lowest BCUT2D eigenvalue weighted by Gasteiger charge is -2.04. The summed E-state index contributed by atoms with van der Waals surface area (Å²) in [4.78, 5) is 0.260. The molecule has 5 heteroatoms. The van der Waals surface area contributed by atoms with Gasteiger partial charge in [0.1, 0.15) is 0 Å². The summed E-state index contributed by atoms with van der Waals surface area (Å²) in [5, 5.41) is 0.705. The fraction of sp³-hybridized carbons (Fsp3) is 0.100. The Balaban J connectivity index is 2.83. The van der Waals surface area contributed by atoms with E-state index in [0.717, 1.165) is 5.52 Å². The summed E-state index contributed by atoms with van der Waals surface area (Å²) in [5.74, 6) is 0. The topological polar surface area (TPSA) is 51.1 Å². The van der Waals surface area contributed by atoms with E-state index in [2.05, 4.69) is 11.8 Å². The number of sulfonamides is 1. The molecule has 0 amide bonds. The van der Waals surface area contributed by atoms with Gasteiger partial charge in [0.05, 0.1) is 4.90 Å². The second-order valence-corrected chi connectivity index (χ2v) is 5.00. The van der Waals surface area contributed by atoms with Crippen molar-refractivity contribution in [2.75, 3.05) is 0 Å². The van der Waals surface area contributed by atoms with Crippen molar-refractivity contribution in [1.29, 1.82) is 0 Å². The number of aromatic nitrogens is 1. The number of hydrogen-bond donors (Lipinski definition) is 1. The minimum absolute atomic E-state index is 0.260. The van der Waals surface area contributed by atoms with Gasteiger partial charge >= 0.3 is 0 Å². The maximum atomic E-state index is 11.6. The summed E-state index contributed by atoms with van der Waals surface area (Å²) in [5.41, 5.74) is 0.881. The minimum atomic E-state index is -3.49. The van der Waals surface area contributed by atoms with Gasteiger partial charge in [-0.05, 0) is 18.2 Å². The van der Waals surface area contributed by atoms with Crippen LogP contribution >= 0.6 is 0 Å². The predicted molar refractivity (Wildman–Crippen MR) is 58.6 cm³/mol. The van der Waals surface area contributed by atoms with Gasteiger partial charge < -0.3 is 4.57 Å². The van der Waals surface area contributed by atoms with Gasteiger partial charge in [0.25, 0.3) is 0 Å². The summed E-state index contributed by atoms with van der Waals surface area (Å²) < 4.78 is 27.2. The van der Waals surface area contributed by atoms with Crippen LogP contribution in [0.5, 0.6) is 0 Å². The van der Waals surface area contributed by atoms with Gasteiger partial charge in [-0.2, -0.15) is 0 Å². The molecule has 0 saturated heterocycles. The Morgan fingerprint density at radius 3 is 2.73 bits per heavy atom. The average molecular weight is 223 g/mol. The smallest absolute Gasteiger partial charge is 0.241 e. The van der Waals surface area contributed by atoms with E-state index in [0.29, 0.717) is 5.39 Å². The standard InChI is InChI=1S/C10H11N2O2S/c1-11-15(13,14)10-5-3-4-9-8(10)6-7-12(9)2/h3-7,11H,1H2,2H3. The monoisotopic (exact) mass is 223 g/mol. The highest BCUT2D eigenvalue weighted by molar-refractivity contribution is 7.89. The summed E-state index contributed by atoms with van der Waals surface area (Å²) in [6.45, 7) is 0. The lowest BCUT2D eigenvalue weighted by atomic mass is 10.2. The first-order valence-corrected chi connectivity index (χ1v) is 5.87. The molecule has 1 aromatic carbocycles. The maximum absolute atomic E-state index is 11.6. The molecular weight excluding hydrogens is 212 g/mol. The van der Waals surface area contributed by atoms with E-state index in [1.165, 1.54) is 0 Å². The van der Waals surface area contributed by atoms with E-state index < -0.39 is 10.0 Å². The Kier molecular flexibility index (Phi) is 2.28. The van der Waals surface area contributed by atoms with E-state index in [-0.39, 0.29) is 4.90 Å². The van der Waals surface area contributed by atoms with Crippen molar-refractivity contribution < 1.29 is 8.42 Å². The summed E-state index contributed by atoms with van der Waals surface area (Å²) in [6, 6.07) is 6.93. The van der Waals surface area contributed by atoms with Crippen molar-refractivity contribution in [3.8, 4) is 0 Å². The fourth-order valence-corrected chi connectivity index (χ4v) is 2.46. The van der Waals surface area contributed by atoms with Gasteiger partial charge in [0.15, 0.2) is 0 Å². The molecule has 0 spiro atoms. The molecular formula is C10H11N2O2S. The summed E-state index contributed by atoms with van der Waals surface area (Å²) in [7, 11) is 1.59.